The lowest BCUT2D eigenvalue weighted by atomic mass is 10.0. The normalized spacial score (nSPS) is 11.3. The molecule has 5 aromatic heterocycles. The number of aryl methyl sites for hydroxylation is 2. The second-order valence-corrected chi connectivity index (χ2v) is 9.22. The SMILES string of the molecule is COC(=O)c1ccc(-c2cn(C(c3ccccn3)c3ccccn3)c3cc(-c4c(C)noc4C)cnc23)cc1. The van der Waals surface area contributed by atoms with Gasteiger partial charge in [0.25, 0.3) is 0 Å². The maximum absolute atomic E-state index is 12.0. The Labute approximate surface area is 224 Å². The van der Waals surface area contributed by atoms with Gasteiger partial charge < -0.3 is 13.8 Å². The predicted octanol–water partition coefficient (Wildman–Crippen LogP) is 6.19. The fourth-order valence-corrected chi connectivity index (χ4v) is 5.00. The average molecular weight is 516 g/mol. The zero-order chi connectivity index (χ0) is 26.9. The van der Waals surface area contributed by atoms with E-state index < -0.39 is 0 Å². The number of fused-ring (bicyclic) bond motifs is 1. The quantitative estimate of drug-likeness (QED) is 0.244. The van der Waals surface area contributed by atoms with E-state index in [1.807, 2.05) is 68.6 Å². The van der Waals surface area contributed by atoms with E-state index in [9.17, 15) is 4.79 Å². The van der Waals surface area contributed by atoms with Crippen molar-refractivity contribution in [1.29, 1.82) is 0 Å². The van der Waals surface area contributed by atoms with Gasteiger partial charge in [-0.05, 0) is 61.9 Å². The minimum atomic E-state index is -0.378. The number of hydrogen-bond acceptors (Lipinski definition) is 7. The fraction of sp³-hybridized carbons (Fsp3) is 0.129. The van der Waals surface area contributed by atoms with Gasteiger partial charge in [-0.3, -0.25) is 15.0 Å². The van der Waals surface area contributed by atoms with Crippen molar-refractivity contribution in [3.63, 3.8) is 0 Å². The summed E-state index contributed by atoms with van der Waals surface area (Å²) in [7, 11) is 1.37. The van der Waals surface area contributed by atoms with Crippen LogP contribution in [0, 0.1) is 13.8 Å². The first-order valence-electron chi connectivity index (χ1n) is 12.5. The number of carbonyl (C=O) groups excluding carboxylic acids is 1. The minimum absolute atomic E-state index is 0.306. The van der Waals surface area contributed by atoms with Crippen molar-refractivity contribution in [1.82, 2.24) is 24.7 Å². The molecule has 8 nitrogen and oxygen atoms in total. The Morgan fingerprint density at radius 1 is 0.897 bits per heavy atom. The Balaban J connectivity index is 1.61. The van der Waals surface area contributed by atoms with Crippen LogP contribution < -0.4 is 0 Å². The van der Waals surface area contributed by atoms with E-state index in [1.165, 1.54) is 7.11 Å². The van der Waals surface area contributed by atoms with E-state index in [-0.39, 0.29) is 12.0 Å². The molecule has 6 aromatic rings. The molecule has 0 aliphatic rings. The van der Waals surface area contributed by atoms with Crippen molar-refractivity contribution < 1.29 is 14.1 Å². The second kappa shape index (κ2) is 9.98. The Morgan fingerprint density at radius 3 is 2.15 bits per heavy atom. The summed E-state index contributed by atoms with van der Waals surface area (Å²) in [6, 6.07) is 20.9. The first-order chi connectivity index (χ1) is 19.0. The molecule has 0 spiro atoms. The fourth-order valence-electron chi connectivity index (χ4n) is 5.00. The molecule has 0 aliphatic heterocycles. The van der Waals surface area contributed by atoms with Gasteiger partial charge in [-0.1, -0.05) is 29.4 Å². The monoisotopic (exact) mass is 515 g/mol. The topological polar surface area (TPSA) is 95.9 Å². The van der Waals surface area contributed by atoms with E-state index in [0.717, 1.165) is 56.1 Å². The standard InChI is InChI=1S/C31H25N5O3/c1-19-28(20(2)39-35-19)23-16-27-29(34-17-23)24(21-10-12-22(13-11-21)31(37)38-3)18-36(27)30(25-8-4-6-14-32-25)26-9-5-7-15-33-26/h4-18,30H,1-3H3. The molecule has 0 bridgehead atoms. The summed E-state index contributed by atoms with van der Waals surface area (Å²) in [5, 5.41) is 4.14. The van der Waals surface area contributed by atoms with Crippen LogP contribution in [0.3, 0.4) is 0 Å². The van der Waals surface area contributed by atoms with Gasteiger partial charge in [0.05, 0.1) is 40.8 Å². The van der Waals surface area contributed by atoms with Crippen LogP contribution in [0.25, 0.3) is 33.3 Å². The number of rotatable bonds is 6. The maximum atomic E-state index is 12.0. The van der Waals surface area contributed by atoms with Crippen molar-refractivity contribution in [2.24, 2.45) is 0 Å². The largest absolute Gasteiger partial charge is 0.465 e. The number of hydrogen-bond donors (Lipinski definition) is 0. The molecule has 0 saturated carbocycles. The van der Waals surface area contributed by atoms with Crippen LogP contribution >= 0.6 is 0 Å². The van der Waals surface area contributed by atoms with Crippen molar-refractivity contribution in [2.75, 3.05) is 7.11 Å². The van der Waals surface area contributed by atoms with Gasteiger partial charge >= 0.3 is 5.97 Å². The smallest absolute Gasteiger partial charge is 0.337 e. The van der Waals surface area contributed by atoms with Gasteiger partial charge in [0.1, 0.15) is 11.8 Å². The molecule has 0 amide bonds. The van der Waals surface area contributed by atoms with E-state index in [0.29, 0.717) is 5.56 Å². The second-order valence-electron chi connectivity index (χ2n) is 9.22. The molecule has 0 saturated heterocycles. The van der Waals surface area contributed by atoms with Crippen molar-refractivity contribution in [3.05, 3.63) is 120 Å². The van der Waals surface area contributed by atoms with Crippen LogP contribution in [-0.4, -0.2) is 37.8 Å². The Bertz CT molecular complexity index is 1720. The number of nitrogens with zero attached hydrogens (tertiary/aromatic N) is 5. The Kier molecular flexibility index (Phi) is 6.20. The third-order valence-electron chi connectivity index (χ3n) is 6.82. The highest BCUT2D eigenvalue weighted by Gasteiger charge is 2.24. The van der Waals surface area contributed by atoms with Gasteiger partial charge in [-0.15, -0.1) is 0 Å². The Morgan fingerprint density at radius 2 is 1.59 bits per heavy atom. The van der Waals surface area contributed by atoms with Gasteiger partial charge in [0.2, 0.25) is 0 Å². The summed E-state index contributed by atoms with van der Waals surface area (Å²) in [5.41, 5.74) is 8.38. The lowest BCUT2D eigenvalue weighted by Gasteiger charge is -2.19. The van der Waals surface area contributed by atoms with Crippen LogP contribution in [0.5, 0.6) is 0 Å². The van der Waals surface area contributed by atoms with Gasteiger partial charge in [-0.25, -0.2) is 4.79 Å². The van der Waals surface area contributed by atoms with E-state index >= 15 is 0 Å². The van der Waals surface area contributed by atoms with Crippen LogP contribution in [-0.2, 0) is 4.74 Å². The molecule has 8 heteroatoms. The molecular weight excluding hydrogens is 490 g/mol. The highest BCUT2D eigenvalue weighted by molar-refractivity contribution is 5.96. The molecule has 0 N–H and O–H groups in total. The molecule has 0 unspecified atom stereocenters. The summed E-state index contributed by atoms with van der Waals surface area (Å²) in [5.74, 6) is 0.355. The van der Waals surface area contributed by atoms with Crippen LogP contribution in [0.1, 0.15) is 39.2 Å². The molecular formula is C31H25N5O3. The molecule has 192 valence electrons. The summed E-state index contributed by atoms with van der Waals surface area (Å²) < 4.78 is 12.5. The zero-order valence-corrected chi connectivity index (χ0v) is 21.7. The summed E-state index contributed by atoms with van der Waals surface area (Å²) in [6.07, 6.45) is 7.51. The molecule has 0 atom stereocenters. The number of benzene rings is 1. The summed E-state index contributed by atoms with van der Waals surface area (Å²) >= 11 is 0. The molecule has 0 radical (unpaired) electrons. The van der Waals surface area contributed by atoms with Crippen molar-refractivity contribution in [3.8, 4) is 22.3 Å². The number of methoxy groups -OCH3 is 1. The van der Waals surface area contributed by atoms with Crippen LogP contribution in [0.15, 0.2) is 96.0 Å². The van der Waals surface area contributed by atoms with Crippen LogP contribution in [0.4, 0.5) is 0 Å². The lowest BCUT2D eigenvalue weighted by Crippen LogP contribution is -2.14. The van der Waals surface area contributed by atoms with Gasteiger partial charge in [-0.2, -0.15) is 0 Å². The number of esters is 1. The number of carbonyl (C=O) groups is 1. The number of aromatic nitrogens is 5. The highest BCUT2D eigenvalue weighted by Crippen LogP contribution is 2.37. The highest BCUT2D eigenvalue weighted by atomic mass is 16.5. The van der Waals surface area contributed by atoms with Crippen molar-refractivity contribution >= 4 is 17.0 Å². The van der Waals surface area contributed by atoms with E-state index in [1.54, 1.807) is 24.5 Å². The number of ether oxygens (including phenoxy) is 1. The van der Waals surface area contributed by atoms with Crippen molar-refractivity contribution in [2.45, 2.75) is 19.9 Å². The third-order valence-corrected chi connectivity index (χ3v) is 6.82. The molecule has 0 aliphatic carbocycles. The van der Waals surface area contributed by atoms with E-state index in [4.69, 9.17) is 24.2 Å². The van der Waals surface area contributed by atoms with Gasteiger partial charge in [0, 0.05) is 41.5 Å². The van der Waals surface area contributed by atoms with Gasteiger partial charge in [0.15, 0.2) is 0 Å². The summed E-state index contributed by atoms with van der Waals surface area (Å²) in [6.45, 7) is 3.82. The summed E-state index contributed by atoms with van der Waals surface area (Å²) in [4.78, 5) is 26.4. The first-order valence-corrected chi connectivity index (χ1v) is 12.5. The molecule has 39 heavy (non-hydrogen) atoms. The average Bonchev–Trinajstić information content (AvgIpc) is 3.52. The lowest BCUT2D eigenvalue weighted by molar-refractivity contribution is 0.0600. The maximum Gasteiger partial charge on any atom is 0.337 e. The molecule has 5 heterocycles. The molecule has 0 fully saturated rings. The van der Waals surface area contributed by atoms with Crippen LogP contribution in [0.2, 0.25) is 0 Å². The Hall–Kier alpha value is -5.11. The minimum Gasteiger partial charge on any atom is -0.465 e. The first kappa shape index (κ1) is 24.2. The molecule has 1 aromatic carbocycles. The number of pyridine rings is 3. The predicted molar refractivity (Wildman–Crippen MR) is 147 cm³/mol. The molecule has 6 rings (SSSR count). The zero-order valence-electron chi connectivity index (χ0n) is 21.7. The van der Waals surface area contributed by atoms with E-state index in [2.05, 4.69) is 22.0 Å². The third kappa shape index (κ3) is 4.35.